The number of amides is 1. The number of benzene rings is 2. The second kappa shape index (κ2) is 6.86. The van der Waals surface area contributed by atoms with Gasteiger partial charge >= 0.3 is 0 Å². The topological polar surface area (TPSA) is 55.6 Å². The number of anilines is 2. The molecule has 0 spiro atoms. The second-order valence-corrected chi connectivity index (χ2v) is 7.29. The van der Waals surface area contributed by atoms with E-state index in [2.05, 4.69) is 0 Å². The van der Waals surface area contributed by atoms with Gasteiger partial charge in [-0.1, -0.05) is 29.8 Å². The minimum Gasteiger partial charge on any atom is -0.449 e. The van der Waals surface area contributed by atoms with Gasteiger partial charge < -0.3 is 10.5 Å². The molecule has 4 rings (SSSR count). The number of hydrogen-bond acceptors (Lipinski definition) is 4. The number of halogens is 1. The Morgan fingerprint density at radius 1 is 1.15 bits per heavy atom. The van der Waals surface area contributed by atoms with Gasteiger partial charge in [0.15, 0.2) is 11.5 Å². The molecule has 4 nitrogen and oxygen atoms in total. The van der Waals surface area contributed by atoms with Crippen LogP contribution < -0.4 is 15.4 Å². The molecule has 2 N–H and O–H groups in total. The maximum absolute atomic E-state index is 13.1. The summed E-state index contributed by atoms with van der Waals surface area (Å²) in [5.41, 5.74) is 8.10. The fourth-order valence-electron chi connectivity index (χ4n) is 2.81. The van der Waals surface area contributed by atoms with Crippen LogP contribution in [0.3, 0.4) is 0 Å². The fraction of sp³-hybridized carbons (Fsp3) is 0.0500. The van der Waals surface area contributed by atoms with E-state index in [1.807, 2.05) is 41.8 Å². The molecule has 0 fully saturated rings. The Hall–Kier alpha value is -2.76. The summed E-state index contributed by atoms with van der Waals surface area (Å²) in [5.74, 6) is 0.637. The summed E-state index contributed by atoms with van der Waals surface area (Å²) < 4.78 is 5.86. The van der Waals surface area contributed by atoms with Gasteiger partial charge in [0.25, 0.3) is 5.91 Å². The van der Waals surface area contributed by atoms with Crippen LogP contribution in [0.1, 0.15) is 10.4 Å². The van der Waals surface area contributed by atoms with Crippen molar-refractivity contribution in [3.05, 3.63) is 81.2 Å². The van der Waals surface area contributed by atoms with Gasteiger partial charge in [0.1, 0.15) is 0 Å². The third kappa shape index (κ3) is 3.31. The summed E-state index contributed by atoms with van der Waals surface area (Å²) in [6.45, 7) is 0.390. The molecule has 2 heterocycles. The molecule has 2 aromatic carbocycles. The SMILES string of the molecule is Nc1ccc2c(c1)O/C(=C/c1cccs1)C(=O)N2Cc1cccc(Cl)c1. The van der Waals surface area contributed by atoms with Crippen molar-refractivity contribution < 1.29 is 9.53 Å². The quantitative estimate of drug-likeness (QED) is 0.515. The summed E-state index contributed by atoms with van der Waals surface area (Å²) >= 11 is 7.63. The van der Waals surface area contributed by atoms with Gasteiger partial charge in [-0.15, -0.1) is 11.3 Å². The maximum atomic E-state index is 13.1. The Kier molecular flexibility index (Phi) is 4.41. The molecule has 3 aromatic rings. The lowest BCUT2D eigenvalue weighted by molar-refractivity contribution is -0.117. The average Bonchev–Trinajstić information content (AvgIpc) is 3.11. The van der Waals surface area contributed by atoms with E-state index in [0.717, 1.165) is 10.4 Å². The van der Waals surface area contributed by atoms with E-state index < -0.39 is 0 Å². The fourth-order valence-corrected chi connectivity index (χ4v) is 3.67. The number of thiophene rings is 1. The predicted molar refractivity (Wildman–Crippen MR) is 106 cm³/mol. The molecule has 0 saturated heterocycles. The first kappa shape index (κ1) is 16.7. The van der Waals surface area contributed by atoms with Crippen LogP contribution in [0, 0.1) is 0 Å². The molecule has 26 heavy (non-hydrogen) atoms. The standard InChI is InChI=1S/C20H15ClN2O2S/c21-14-4-1-3-13(9-14)12-23-17-7-6-15(22)10-18(17)25-19(20(23)24)11-16-5-2-8-26-16/h1-11H,12,22H2/b19-11+. The molecule has 0 aliphatic carbocycles. The number of rotatable bonds is 3. The Labute approximate surface area is 160 Å². The highest BCUT2D eigenvalue weighted by Crippen LogP contribution is 2.38. The molecule has 0 saturated carbocycles. The van der Waals surface area contributed by atoms with E-state index >= 15 is 0 Å². The largest absolute Gasteiger partial charge is 0.449 e. The Bertz CT molecular complexity index is 999. The molecule has 1 aliphatic rings. The molecule has 0 bridgehead atoms. The lowest BCUT2D eigenvalue weighted by Gasteiger charge is -2.30. The normalized spacial score (nSPS) is 15.0. The van der Waals surface area contributed by atoms with E-state index in [1.54, 1.807) is 40.5 Å². The first-order valence-electron chi connectivity index (χ1n) is 7.99. The molecule has 1 amide bonds. The van der Waals surface area contributed by atoms with Crippen LogP contribution in [0.2, 0.25) is 5.02 Å². The monoisotopic (exact) mass is 382 g/mol. The molecule has 6 heteroatoms. The maximum Gasteiger partial charge on any atom is 0.294 e. The van der Waals surface area contributed by atoms with Crippen LogP contribution in [0.4, 0.5) is 11.4 Å². The minimum atomic E-state index is -0.198. The zero-order valence-electron chi connectivity index (χ0n) is 13.7. The Morgan fingerprint density at radius 2 is 2.04 bits per heavy atom. The highest BCUT2D eigenvalue weighted by molar-refractivity contribution is 7.10. The molecule has 1 aromatic heterocycles. The zero-order valence-corrected chi connectivity index (χ0v) is 15.3. The zero-order chi connectivity index (χ0) is 18.1. The highest BCUT2D eigenvalue weighted by atomic mass is 35.5. The van der Waals surface area contributed by atoms with Gasteiger partial charge in [-0.05, 0) is 41.3 Å². The molecular weight excluding hydrogens is 368 g/mol. The minimum absolute atomic E-state index is 0.198. The average molecular weight is 383 g/mol. The van der Waals surface area contributed by atoms with Crippen molar-refractivity contribution in [2.24, 2.45) is 0 Å². The molecule has 0 unspecified atom stereocenters. The summed E-state index contributed by atoms with van der Waals surface area (Å²) in [6.07, 6.45) is 1.75. The van der Waals surface area contributed by atoms with Crippen molar-refractivity contribution in [3.8, 4) is 5.75 Å². The first-order valence-corrected chi connectivity index (χ1v) is 9.25. The molecular formula is C20H15ClN2O2S. The van der Waals surface area contributed by atoms with Crippen molar-refractivity contribution in [2.75, 3.05) is 10.6 Å². The van der Waals surface area contributed by atoms with E-state index in [1.165, 1.54) is 0 Å². The van der Waals surface area contributed by atoms with Crippen molar-refractivity contribution in [2.45, 2.75) is 6.54 Å². The van der Waals surface area contributed by atoms with Crippen LogP contribution in [0.25, 0.3) is 6.08 Å². The van der Waals surface area contributed by atoms with Gasteiger partial charge in [-0.3, -0.25) is 9.69 Å². The van der Waals surface area contributed by atoms with Crippen molar-refractivity contribution in [1.29, 1.82) is 0 Å². The Balaban J connectivity index is 1.76. The van der Waals surface area contributed by atoms with Gasteiger partial charge in [-0.25, -0.2) is 0 Å². The first-order chi connectivity index (χ1) is 12.6. The third-order valence-electron chi connectivity index (χ3n) is 4.00. The number of nitrogen functional groups attached to an aromatic ring is 1. The number of hydrogen-bond donors (Lipinski definition) is 1. The smallest absolute Gasteiger partial charge is 0.294 e. The number of carbonyl (C=O) groups excluding carboxylic acids is 1. The lowest BCUT2D eigenvalue weighted by Crippen LogP contribution is -2.36. The van der Waals surface area contributed by atoms with Crippen molar-refractivity contribution in [1.82, 2.24) is 0 Å². The number of fused-ring (bicyclic) bond motifs is 1. The second-order valence-electron chi connectivity index (χ2n) is 5.87. The Morgan fingerprint density at radius 3 is 2.81 bits per heavy atom. The van der Waals surface area contributed by atoms with Crippen LogP contribution >= 0.6 is 22.9 Å². The van der Waals surface area contributed by atoms with Crippen LogP contribution in [0.5, 0.6) is 5.75 Å². The lowest BCUT2D eigenvalue weighted by atomic mass is 10.1. The summed E-state index contributed by atoms with van der Waals surface area (Å²) in [6, 6.07) is 16.6. The predicted octanol–water partition coefficient (Wildman–Crippen LogP) is 4.95. The molecule has 130 valence electrons. The van der Waals surface area contributed by atoms with Crippen LogP contribution in [-0.4, -0.2) is 5.91 Å². The van der Waals surface area contributed by atoms with Crippen LogP contribution in [0.15, 0.2) is 65.7 Å². The van der Waals surface area contributed by atoms with E-state index in [0.29, 0.717) is 28.7 Å². The molecule has 0 atom stereocenters. The number of ether oxygens (including phenoxy) is 1. The molecule has 1 aliphatic heterocycles. The van der Waals surface area contributed by atoms with E-state index in [4.69, 9.17) is 22.1 Å². The number of carbonyl (C=O) groups is 1. The van der Waals surface area contributed by atoms with Gasteiger partial charge in [0.2, 0.25) is 0 Å². The number of nitrogens with two attached hydrogens (primary N) is 1. The summed E-state index contributed by atoms with van der Waals surface area (Å²) in [7, 11) is 0. The van der Waals surface area contributed by atoms with Gasteiger partial charge in [0, 0.05) is 27.7 Å². The highest BCUT2D eigenvalue weighted by Gasteiger charge is 2.30. The van der Waals surface area contributed by atoms with E-state index in [-0.39, 0.29) is 11.7 Å². The molecule has 0 radical (unpaired) electrons. The van der Waals surface area contributed by atoms with Crippen molar-refractivity contribution in [3.63, 3.8) is 0 Å². The number of nitrogens with zero attached hydrogens (tertiary/aromatic N) is 1. The van der Waals surface area contributed by atoms with Crippen molar-refractivity contribution >= 4 is 46.3 Å². The third-order valence-corrected chi connectivity index (χ3v) is 5.05. The van der Waals surface area contributed by atoms with Gasteiger partial charge in [-0.2, -0.15) is 0 Å². The van der Waals surface area contributed by atoms with Gasteiger partial charge in [0.05, 0.1) is 12.2 Å². The summed E-state index contributed by atoms with van der Waals surface area (Å²) in [5, 5.41) is 2.59. The van der Waals surface area contributed by atoms with E-state index in [9.17, 15) is 4.79 Å². The summed E-state index contributed by atoms with van der Waals surface area (Å²) in [4.78, 5) is 15.7. The van der Waals surface area contributed by atoms with Crippen LogP contribution in [-0.2, 0) is 11.3 Å².